The second-order valence-corrected chi connectivity index (χ2v) is 3.88. The van der Waals surface area contributed by atoms with Crippen LogP contribution in [-0.4, -0.2) is 22.3 Å². The number of aliphatic hydroxyl groups is 1. The van der Waals surface area contributed by atoms with E-state index < -0.39 is 18.1 Å². The van der Waals surface area contributed by atoms with Crippen molar-refractivity contribution in [1.82, 2.24) is 0 Å². The molecule has 0 aliphatic heterocycles. The van der Waals surface area contributed by atoms with Gasteiger partial charge >= 0.3 is 5.97 Å². The third-order valence-electron chi connectivity index (χ3n) is 2.78. The summed E-state index contributed by atoms with van der Waals surface area (Å²) in [7, 11) is 0. The van der Waals surface area contributed by atoms with Crippen LogP contribution in [0.2, 0.25) is 0 Å². The van der Waals surface area contributed by atoms with Crippen molar-refractivity contribution in [3.05, 3.63) is 48.0 Å². The van der Waals surface area contributed by atoms with Gasteiger partial charge in [0.25, 0.3) is 0 Å². The quantitative estimate of drug-likeness (QED) is 0.743. The minimum atomic E-state index is -1.60. The molecule has 2 unspecified atom stereocenters. The molecule has 0 amide bonds. The van der Waals surface area contributed by atoms with Crippen molar-refractivity contribution in [3.63, 3.8) is 0 Å². The number of aliphatic carboxylic acids is 1. The Labute approximate surface area is 98.3 Å². The molecule has 4 nitrogen and oxygen atoms in total. The van der Waals surface area contributed by atoms with Crippen LogP contribution in [0, 0.1) is 0 Å². The van der Waals surface area contributed by atoms with Crippen LogP contribution in [0.4, 0.5) is 0 Å². The summed E-state index contributed by atoms with van der Waals surface area (Å²) in [6.45, 7) is 0. The van der Waals surface area contributed by atoms with Gasteiger partial charge in [-0.3, -0.25) is 0 Å². The first-order valence-corrected chi connectivity index (χ1v) is 5.25. The van der Waals surface area contributed by atoms with E-state index in [0.717, 1.165) is 10.8 Å². The predicted octanol–water partition coefficient (Wildman–Crippen LogP) is 1.29. The molecule has 2 atom stereocenters. The molecule has 0 saturated carbocycles. The Morgan fingerprint density at radius 2 is 1.76 bits per heavy atom. The van der Waals surface area contributed by atoms with Crippen LogP contribution in [0.5, 0.6) is 0 Å². The fourth-order valence-corrected chi connectivity index (χ4v) is 1.86. The first-order valence-electron chi connectivity index (χ1n) is 5.25. The van der Waals surface area contributed by atoms with E-state index in [9.17, 15) is 9.90 Å². The molecule has 17 heavy (non-hydrogen) atoms. The van der Waals surface area contributed by atoms with Crippen molar-refractivity contribution in [2.45, 2.75) is 12.1 Å². The summed E-state index contributed by atoms with van der Waals surface area (Å²) in [6.07, 6.45) is -1.60. The van der Waals surface area contributed by atoms with E-state index in [4.69, 9.17) is 10.8 Å². The third-order valence-corrected chi connectivity index (χ3v) is 2.78. The van der Waals surface area contributed by atoms with Crippen molar-refractivity contribution >= 4 is 16.7 Å². The number of benzene rings is 2. The van der Waals surface area contributed by atoms with Crippen molar-refractivity contribution in [3.8, 4) is 0 Å². The smallest absolute Gasteiger partial charge is 0.334 e. The molecule has 0 aromatic heterocycles. The van der Waals surface area contributed by atoms with Crippen molar-refractivity contribution in [2.24, 2.45) is 5.73 Å². The maximum absolute atomic E-state index is 10.7. The molecule has 4 heteroatoms. The van der Waals surface area contributed by atoms with Gasteiger partial charge in [0.1, 0.15) is 0 Å². The fourth-order valence-electron chi connectivity index (χ4n) is 1.86. The van der Waals surface area contributed by atoms with Crippen LogP contribution in [0.25, 0.3) is 10.8 Å². The molecule has 0 aliphatic rings. The number of fused-ring (bicyclic) bond motifs is 1. The highest BCUT2D eigenvalue weighted by molar-refractivity contribution is 5.87. The second kappa shape index (κ2) is 4.53. The average molecular weight is 231 g/mol. The Balaban J connectivity index is 2.52. The number of hydrogen-bond donors (Lipinski definition) is 3. The Bertz CT molecular complexity index is 548. The van der Waals surface area contributed by atoms with E-state index in [0.29, 0.717) is 5.56 Å². The van der Waals surface area contributed by atoms with Gasteiger partial charge in [0.05, 0.1) is 6.04 Å². The first-order chi connectivity index (χ1) is 8.11. The molecular formula is C13H13NO3. The molecule has 4 N–H and O–H groups in total. The van der Waals surface area contributed by atoms with E-state index in [1.807, 2.05) is 30.3 Å². The monoisotopic (exact) mass is 231 g/mol. The van der Waals surface area contributed by atoms with Crippen LogP contribution >= 0.6 is 0 Å². The van der Waals surface area contributed by atoms with Gasteiger partial charge in [-0.05, 0) is 16.3 Å². The lowest BCUT2D eigenvalue weighted by Crippen LogP contribution is -2.33. The highest BCUT2D eigenvalue weighted by Gasteiger charge is 2.24. The van der Waals surface area contributed by atoms with Crippen molar-refractivity contribution in [1.29, 1.82) is 0 Å². The fraction of sp³-hybridized carbons (Fsp3) is 0.154. The standard InChI is InChI=1S/C13H13NO3/c14-11(12(15)13(16)17)10-7-3-5-8-4-1-2-6-9(8)10/h1-7,11-12,15H,14H2,(H,16,17). The van der Waals surface area contributed by atoms with Crippen LogP contribution in [0.1, 0.15) is 11.6 Å². The van der Waals surface area contributed by atoms with Crippen LogP contribution in [0.3, 0.4) is 0 Å². The zero-order valence-electron chi connectivity index (χ0n) is 9.08. The number of hydrogen-bond acceptors (Lipinski definition) is 3. The van der Waals surface area contributed by atoms with Gasteiger partial charge in [0, 0.05) is 0 Å². The molecule has 0 saturated heterocycles. The maximum atomic E-state index is 10.7. The van der Waals surface area contributed by atoms with Crippen LogP contribution in [0.15, 0.2) is 42.5 Å². The minimum absolute atomic E-state index is 0.637. The number of aliphatic hydroxyl groups excluding tert-OH is 1. The van der Waals surface area contributed by atoms with Gasteiger partial charge < -0.3 is 15.9 Å². The lowest BCUT2D eigenvalue weighted by Gasteiger charge is -2.17. The summed E-state index contributed by atoms with van der Waals surface area (Å²) in [5.74, 6) is -1.31. The Morgan fingerprint density at radius 3 is 2.47 bits per heavy atom. The highest BCUT2D eigenvalue weighted by Crippen LogP contribution is 2.24. The molecule has 88 valence electrons. The maximum Gasteiger partial charge on any atom is 0.334 e. The lowest BCUT2D eigenvalue weighted by molar-refractivity contribution is -0.147. The number of nitrogens with two attached hydrogens (primary N) is 1. The molecule has 0 aliphatic carbocycles. The third kappa shape index (κ3) is 2.13. The van der Waals surface area contributed by atoms with Gasteiger partial charge in [0.15, 0.2) is 6.10 Å². The summed E-state index contributed by atoms with van der Waals surface area (Å²) in [4.78, 5) is 10.7. The Hall–Kier alpha value is -1.91. The van der Waals surface area contributed by atoms with Crippen molar-refractivity contribution in [2.75, 3.05) is 0 Å². The van der Waals surface area contributed by atoms with Crippen molar-refractivity contribution < 1.29 is 15.0 Å². The van der Waals surface area contributed by atoms with Gasteiger partial charge in [-0.15, -0.1) is 0 Å². The molecule has 2 rings (SSSR count). The molecule has 2 aromatic carbocycles. The largest absolute Gasteiger partial charge is 0.479 e. The summed E-state index contributed by atoms with van der Waals surface area (Å²) in [5.41, 5.74) is 6.41. The lowest BCUT2D eigenvalue weighted by atomic mass is 9.96. The number of carboxylic acid groups (broad SMARTS) is 1. The Morgan fingerprint density at radius 1 is 1.12 bits per heavy atom. The molecule has 0 bridgehead atoms. The van der Waals surface area contributed by atoms with E-state index in [1.165, 1.54) is 0 Å². The summed E-state index contributed by atoms with van der Waals surface area (Å²) in [6, 6.07) is 12.0. The molecule has 0 radical (unpaired) electrons. The zero-order valence-corrected chi connectivity index (χ0v) is 9.08. The predicted molar refractivity (Wildman–Crippen MR) is 64.5 cm³/mol. The normalized spacial score (nSPS) is 14.5. The van der Waals surface area contributed by atoms with E-state index in [-0.39, 0.29) is 0 Å². The highest BCUT2D eigenvalue weighted by atomic mass is 16.4. The van der Waals surface area contributed by atoms with Gasteiger partial charge in [0.2, 0.25) is 0 Å². The van der Waals surface area contributed by atoms with Gasteiger partial charge in [-0.1, -0.05) is 42.5 Å². The molecule has 2 aromatic rings. The van der Waals surface area contributed by atoms with E-state index in [1.54, 1.807) is 12.1 Å². The van der Waals surface area contributed by atoms with Gasteiger partial charge in [-0.25, -0.2) is 4.79 Å². The SMILES string of the molecule is NC(c1cccc2ccccc12)C(O)C(=O)O. The second-order valence-electron chi connectivity index (χ2n) is 3.88. The van der Waals surface area contributed by atoms with Crippen LogP contribution in [-0.2, 0) is 4.79 Å². The minimum Gasteiger partial charge on any atom is -0.479 e. The van der Waals surface area contributed by atoms with Gasteiger partial charge in [-0.2, -0.15) is 0 Å². The summed E-state index contributed by atoms with van der Waals surface area (Å²) < 4.78 is 0. The van der Waals surface area contributed by atoms with E-state index >= 15 is 0 Å². The summed E-state index contributed by atoms with van der Waals surface area (Å²) >= 11 is 0. The number of carbonyl (C=O) groups is 1. The first kappa shape index (κ1) is 11.6. The molecular weight excluding hydrogens is 218 g/mol. The van der Waals surface area contributed by atoms with E-state index in [2.05, 4.69) is 0 Å². The molecule has 0 fully saturated rings. The molecule has 0 heterocycles. The Kier molecular flexibility index (Phi) is 3.08. The average Bonchev–Trinajstić information content (AvgIpc) is 2.36. The zero-order chi connectivity index (χ0) is 12.4. The topological polar surface area (TPSA) is 83.5 Å². The summed E-state index contributed by atoms with van der Waals surface area (Å²) in [5, 5.41) is 20.1. The van der Waals surface area contributed by atoms with Crippen LogP contribution < -0.4 is 5.73 Å². The number of rotatable bonds is 3. The number of carboxylic acids is 1. The molecule has 0 spiro atoms.